The van der Waals surface area contributed by atoms with Gasteiger partial charge < -0.3 is 50.0 Å². The Morgan fingerprint density at radius 1 is 0.760 bits per heavy atom. The van der Waals surface area contributed by atoms with E-state index in [9.17, 15) is 30.6 Å². The first-order chi connectivity index (χ1) is 11.7. The van der Waals surface area contributed by atoms with E-state index in [1.807, 2.05) is 0 Å². The minimum Gasteiger partial charge on any atom is -0.394 e. The molecule has 2 aliphatic rings. The van der Waals surface area contributed by atoms with Crippen LogP contribution in [0.2, 0.25) is 0 Å². The van der Waals surface area contributed by atoms with E-state index in [1.54, 1.807) is 13.8 Å². The van der Waals surface area contributed by atoms with Gasteiger partial charge in [-0.1, -0.05) is 13.8 Å². The Bertz CT molecular complexity index is 419. The molecule has 0 spiro atoms. The lowest BCUT2D eigenvalue weighted by Crippen LogP contribution is -2.62. The van der Waals surface area contributed by atoms with Crippen molar-refractivity contribution in [3.63, 3.8) is 0 Å². The fraction of sp³-hybridized carbons (Fsp3) is 1.00. The van der Waals surface area contributed by atoms with Gasteiger partial charge in [-0.3, -0.25) is 0 Å². The topological polar surface area (TPSA) is 169 Å². The summed E-state index contributed by atoms with van der Waals surface area (Å²) in [5.74, 6) is -0.132. The molecular formula is C15H28O10. The van der Waals surface area contributed by atoms with E-state index in [2.05, 4.69) is 0 Å². The van der Waals surface area contributed by atoms with Gasteiger partial charge in [0, 0.05) is 0 Å². The van der Waals surface area contributed by atoms with Gasteiger partial charge in [0.2, 0.25) is 0 Å². The summed E-state index contributed by atoms with van der Waals surface area (Å²) in [5, 5.41) is 68.5. The maximum atomic E-state index is 10.0. The van der Waals surface area contributed by atoms with Crippen molar-refractivity contribution < 1.29 is 50.0 Å². The second-order valence-corrected chi connectivity index (χ2v) is 6.89. The molecule has 0 unspecified atom stereocenters. The Hall–Kier alpha value is -0.400. The molecule has 10 nitrogen and oxygen atoms in total. The summed E-state index contributed by atoms with van der Waals surface area (Å²) in [5.41, 5.74) is 0. The molecule has 0 amide bonds. The fourth-order valence-electron chi connectivity index (χ4n) is 3.06. The molecule has 0 aromatic carbocycles. The Labute approximate surface area is 145 Å². The van der Waals surface area contributed by atoms with Gasteiger partial charge in [0.15, 0.2) is 6.29 Å². The van der Waals surface area contributed by atoms with Crippen LogP contribution in [0.4, 0.5) is 0 Å². The van der Waals surface area contributed by atoms with E-state index >= 15 is 0 Å². The molecule has 2 aliphatic heterocycles. The van der Waals surface area contributed by atoms with E-state index in [0.717, 1.165) is 0 Å². The largest absolute Gasteiger partial charge is 0.394 e. The highest BCUT2D eigenvalue weighted by Crippen LogP contribution is 2.27. The smallest absolute Gasteiger partial charge is 0.186 e. The number of hydrogen-bond acceptors (Lipinski definition) is 10. The molecule has 10 heteroatoms. The zero-order chi connectivity index (χ0) is 18.9. The van der Waals surface area contributed by atoms with Crippen molar-refractivity contribution >= 4 is 0 Å². The lowest BCUT2D eigenvalue weighted by Gasteiger charge is -2.43. The van der Waals surface area contributed by atoms with Crippen LogP contribution in [0.1, 0.15) is 13.8 Å². The van der Waals surface area contributed by atoms with E-state index in [-0.39, 0.29) is 12.5 Å². The van der Waals surface area contributed by atoms with Gasteiger partial charge >= 0.3 is 0 Å². The Kier molecular flexibility index (Phi) is 7.13. The first-order valence-corrected chi connectivity index (χ1v) is 8.30. The summed E-state index contributed by atoms with van der Waals surface area (Å²) in [4.78, 5) is 0. The van der Waals surface area contributed by atoms with Crippen molar-refractivity contribution in [2.45, 2.75) is 75.1 Å². The van der Waals surface area contributed by atoms with Crippen LogP contribution in [-0.4, -0.2) is 110 Å². The SMILES string of the molecule is CC(C)[C@@H]1O[C@H](CO[C@@H]2O[C@H](CO)[C@@H](O)[C@H](O)[C@H]2O)[C@@H](O)[C@H](O)[C@H]1O. The van der Waals surface area contributed by atoms with Gasteiger partial charge in [0.25, 0.3) is 0 Å². The predicted octanol–water partition coefficient (Wildman–Crippen LogP) is -3.69. The number of hydrogen-bond donors (Lipinski definition) is 7. The standard InChI is InChI=1S/C15H28O10/c1-5(2)14-12(21)10(19)9(18)7(24-14)4-23-15-13(22)11(20)8(17)6(3-16)25-15/h5-22H,3-4H2,1-2H3/t6-,7-,8-,9-,10+,11+,12-,13-,14+,15-/m1/s1. The van der Waals surface area contributed by atoms with Crippen LogP contribution >= 0.6 is 0 Å². The number of ether oxygens (including phenoxy) is 3. The van der Waals surface area contributed by atoms with Gasteiger partial charge in [-0.05, 0) is 5.92 Å². The molecule has 2 saturated heterocycles. The third-order valence-corrected chi connectivity index (χ3v) is 4.68. The quantitative estimate of drug-likeness (QED) is 0.256. The van der Waals surface area contributed by atoms with Crippen LogP contribution in [-0.2, 0) is 14.2 Å². The number of aliphatic hydroxyl groups excluding tert-OH is 7. The highest BCUT2D eigenvalue weighted by atomic mass is 16.7. The van der Waals surface area contributed by atoms with E-state index in [1.165, 1.54) is 0 Å². The Morgan fingerprint density at radius 3 is 1.88 bits per heavy atom. The molecule has 0 aliphatic carbocycles. The molecule has 0 aromatic heterocycles. The monoisotopic (exact) mass is 368 g/mol. The molecule has 7 N–H and O–H groups in total. The van der Waals surface area contributed by atoms with Gasteiger partial charge in [-0.15, -0.1) is 0 Å². The fourth-order valence-corrected chi connectivity index (χ4v) is 3.06. The molecule has 0 saturated carbocycles. The molecule has 2 heterocycles. The first-order valence-electron chi connectivity index (χ1n) is 8.30. The summed E-state index contributed by atoms with van der Waals surface area (Å²) in [6.45, 7) is 2.67. The Morgan fingerprint density at radius 2 is 1.32 bits per heavy atom. The molecule has 2 rings (SSSR count). The van der Waals surface area contributed by atoms with Crippen molar-refractivity contribution in [2.75, 3.05) is 13.2 Å². The van der Waals surface area contributed by atoms with Crippen molar-refractivity contribution in [1.29, 1.82) is 0 Å². The van der Waals surface area contributed by atoms with Gasteiger partial charge in [-0.2, -0.15) is 0 Å². The summed E-state index contributed by atoms with van der Waals surface area (Å²) < 4.78 is 16.1. The van der Waals surface area contributed by atoms with E-state index in [4.69, 9.17) is 19.3 Å². The van der Waals surface area contributed by atoms with Crippen LogP contribution in [0.25, 0.3) is 0 Å². The maximum Gasteiger partial charge on any atom is 0.186 e. The van der Waals surface area contributed by atoms with Crippen LogP contribution in [0, 0.1) is 5.92 Å². The number of rotatable bonds is 5. The summed E-state index contributed by atoms with van der Waals surface area (Å²) in [6, 6.07) is 0. The van der Waals surface area contributed by atoms with Crippen molar-refractivity contribution in [3.8, 4) is 0 Å². The van der Waals surface area contributed by atoms with Crippen LogP contribution in [0.5, 0.6) is 0 Å². The lowest BCUT2D eigenvalue weighted by atomic mass is 9.89. The van der Waals surface area contributed by atoms with Gasteiger partial charge in [-0.25, -0.2) is 0 Å². The zero-order valence-electron chi connectivity index (χ0n) is 14.1. The molecular weight excluding hydrogens is 340 g/mol. The van der Waals surface area contributed by atoms with Crippen LogP contribution < -0.4 is 0 Å². The zero-order valence-corrected chi connectivity index (χ0v) is 14.1. The third-order valence-electron chi connectivity index (χ3n) is 4.68. The highest BCUT2D eigenvalue weighted by molar-refractivity contribution is 4.94. The number of aliphatic hydroxyl groups is 7. The van der Waals surface area contributed by atoms with Crippen LogP contribution in [0.3, 0.4) is 0 Å². The normalized spacial score (nSPS) is 48.7. The van der Waals surface area contributed by atoms with E-state index < -0.39 is 67.8 Å². The molecule has 25 heavy (non-hydrogen) atoms. The minimum absolute atomic E-state index is 0.132. The predicted molar refractivity (Wildman–Crippen MR) is 81.2 cm³/mol. The van der Waals surface area contributed by atoms with Crippen molar-refractivity contribution in [2.24, 2.45) is 5.92 Å². The lowest BCUT2D eigenvalue weighted by molar-refractivity contribution is -0.315. The van der Waals surface area contributed by atoms with Gasteiger partial charge in [0.05, 0.1) is 19.3 Å². The highest BCUT2D eigenvalue weighted by Gasteiger charge is 2.47. The summed E-state index contributed by atoms with van der Waals surface area (Å²) in [6.07, 6.45) is -13.0. The molecule has 2 fully saturated rings. The summed E-state index contributed by atoms with van der Waals surface area (Å²) in [7, 11) is 0. The Balaban J connectivity index is 1.99. The third kappa shape index (κ3) is 4.30. The summed E-state index contributed by atoms with van der Waals surface area (Å²) >= 11 is 0. The van der Waals surface area contributed by atoms with Gasteiger partial charge in [0.1, 0.15) is 48.8 Å². The van der Waals surface area contributed by atoms with Crippen molar-refractivity contribution in [3.05, 3.63) is 0 Å². The molecule has 148 valence electrons. The first kappa shape index (κ1) is 20.9. The average Bonchev–Trinajstić information content (AvgIpc) is 2.58. The van der Waals surface area contributed by atoms with Crippen LogP contribution in [0.15, 0.2) is 0 Å². The molecule has 0 bridgehead atoms. The second-order valence-electron chi connectivity index (χ2n) is 6.89. The van der Waals surface area contributed by atoms with E-state index in [0.29, 0.717) is 0 Å². The molecule has 0 radical (unpaired) electrons. The maximum absolute atomic E-state index is 10.0. The average molecular weight is 368 g/mol. The van der Waals surface area contributed by atoms with Crippen molar-refractivity contribution in [1.82, 2.24) is 0 Å². The second kappa shape index (κ2) is 8.53. The molecule has 0 aromatic rings. The minimum atomic E-state index is -1.58. The molecule has 10 atom stereocenters.